The molecular formula is C21H31N5O3. The van der Waals surface area contributed by atoms with Crippen LogP contribution in [0.3, 0.4) is 0 Å². The first-order valence-corrected chi connectivity index (χ1v) is 10.1. The van der Waals surface area contributed by atoms with E-state index in [-0.39, 0.29) is 30.5 Å². The highest BCUT2D eigenvalue weighted by atomic mass is 16.5. The van der Waals surface area contributed by atoms with E-state index in [1.165, 1.54) is 0 Å². The van der Waals surface area contributed by atoms with E-state index in [9.17, 15) is 4.79 Å². The number of fused-ring (bicyclic) bond motifs is 1. The van der Waals surface area contributed by atoms with Crippen molar-refractivity contribution in [2.45, 2.75) is 52.2 Å². The highest BCUT2D eigenvalue weighted by Gasteiger charge is 2.26. The molecule has 8 nitrogen and oxygen atoms in total. The fraction of sp³-hybridized carbons (Fsp3) is 0.571. The standard InChI is InChI=1S/C21H31N5O3/c1-13(2)20(21-25-24-18-7-6-10-26(18)21)22-12-19(27)23-14(3)16-11-15(28-4)8-9-17(16)29-5/h8-9,11,13-14,20,22H,6-7,10,12H2,1-5H3,(H,23,27)/t14-,20-/m0/s1. The molecule has 1 aromatic carbocycles. The molecule has 0 bridgehead atoms. The Morgan fingerprint density at radius 3 is 2.69 bits per heavy atom. The first kappa shape index (κ1) is 21.1. The number of carbonyl (C=O) groups is 1. The number of carbonyl (C=O) groups excluding carboxylic acids is 1. The Balaban J connectivity index is 1.64. The summed E-state index contributed by atoms with van der Waals surface area (Å²) in [6.07, 6.45) is 2.07. The van der Waals surface area contributed by atoms with E-state index < -0.39 is 0 Å². The van der Waals surface area contributed by atoms with Crippen LogP contribution < -0.4 is 20.1 Å². The van der Waals surface area contributed by atoms with Crippen molar-refractivity contribution in [1.29, 1.82) is 0 Å². The summed E-state index contributed by atoms with van der Waals surface area (Å²) in [5.41, 5.74) is 0.871. The number of hydrogen-bond donors (Lipinski definition) is 2. The van der Waals surface area contributed by atoms with Crippen molar-refractivity contribution in [3.05, 3.63) is 35.4 Å². The molecule has 0 saturated carbocycles. The van der Waals surface area contributed by atoms with E-state index in [0.29, 0.717) is 5.75 Å². The molecule has 158 valence electrons. The van der Waals surface area contributed by atoms with Crippen LogP contribution in [-0.4, -0.2) is 41.4 Å². The topological polar surface area (TPSA) is 90.3 Å². The van der Waals surface area contributed by atoms with Crippen molar-refractivity contribution in [3.63, 3.8) is 0 Å². The summed E-state index contributed by atoms with van der Waals surface area (Å²) in [7, 11) is 3.23. The van der Waals surface area contributed by atoms with E-state index in [0.717, 1.165) is 42.3 Å². The van der Waals surface area contributed by atoms with Crippen LogP contribution in [0.15, 0.2) is 18.2 Å². The van der Waals surface area contributed by atoms with Gasteiger partial charge >= 0.3 is 0 Å². The molecule has 0 unspecified atom stereocenters. The lowest BCUT2D eigenvalue weighted by Gasteiger charge is -2.23. The van der Waals surface area contributed by atoms with Gasteiger partial charge in [-0.3, -0.25) is 10.1 Å². The molecule has 0 spiro atoms. The molecule has 2 atom stereocenters. The molecule has 1 aliphatic heterocycles. The normalized spacial score (nSPS) is 15.1. The van der Waals surface area contributed by atoms with Crippen LogP contribution in [0.4, 0.5) is 0 Å². The minimum Gasteiger partial charge on any atom is -0.497 e. The number of nitrogens with one attached hydrogen (secondary N) is 2. The average Bonchev–Trinajstić information content (AvgIpc) is 3.32. The van der Waals surface area contributed by atoms with Crippen LogP contribution in [0.1, 0.15) is 56.5 Å². The summed E-state index contributed by atoms with van der Waals surface area (Å²) in [5.74, 6) is 3.59. The van der Waals surface area contributed by atoms with Crippen LogP contribution in [-0.2, 0) is 17.8 Å². The first-order chi connectivity index (χ1) is 13.9. The van der Waals surface area contributed by atoms with E-state index in [1.54, 1.807) is 14.2 Å². The molecule has 1 aromatic heterocycles. The van der Waals surface area contributed by atoms with Crippen LogP contribution in [0, 0.1) is 5.92 Å². The molecule has 2 heterocycles. The summed E-state index contributed by atoms with van der Waals surface area (Å²) in [5, 5.41) is 15.1. The van der Waals surface area contributed by atoms with Gasteiger partial charge in [-0.25, -0.2) is 0 Å². The third-order valence-electron chi connectivity index (χ3n) is 5.35. The second kappa shape index (κ2) is 9.26. The van der Waals surface area contributed by atoms with Crippen molar-refractivity contribution in [2.24, 2.45) is 5.92 Å². The van der Waals surface area contributed by atoms with Gasteiger partial charge in [0.25, 0.3) is 0 Å². The Morgan fingerprint density at radius 1 is 1.21 bits per heavy atom. The molecule has 8 heteroatoms. The predicted octanol–water partition coefficient (Wildman–Crippen LogP) is 2.41. The van der Waals surface area contributed by atoms with Gasteiger partial charge in [-0.05, 0) is 37.5 Å². The van der Waals surface area contributed by atoms with Crippen molar-refractivity contribution in [2.75, 3.05) is 20.8 Å². The molecule has 1 amide bonds. The predicted molar refractivity (Wildman–Crippen MR) is 110 cm³/mol. The van der Waals surface area contributed by atoms with Crippen LogP contribution in [0.2, 0.25) is 0 Å². The van der Waals surface area contributed by atoms with Gasteiger partial charge in [0.15, 0.2) is 0 Å². The lowest BCUT2D eigenvalue weighted by Crippen LogP contribution is -2.39. The fourth-order valence-corrected chi connectivity index (χ4v) is 3.78. The number of nitrogens with zero attached hydrogens (tertiary/aromatic N) is 3. The molecule has 29 heavy (non-hydrogen) atoms. The average molecular weight is 402 g/mol. The first-order valence-electron chi connectivity index (χ1n) is 10.1. The molecule has 0 fully saturated rings. The van der Waals surface area contributed by atoms with Crippen LogP contribution >= 0.6 is 0 Å². The zero-order valence-corrected chi connectivity index (χ0v) is 17.9. The van der Waals surface area contributed by atoms with Crippen molar-refractivity contribution in [3.8, 4) is 11.5 Å². The van der Waals surface area contributed by atoms with Gasteiger partial charge in [-0.1, -0.05) is 13.8 Å². The lowest BCUT2D eigenvalue weighted by atomic mass is 10.0. The van der Waals surface area contributed by atoms with Gasteiger partial charge in [0.05, 0.1) is 32.8 Å². The third kappa shape index (κ3) is 4.70. The molecule has 3 rings (SSSR count). The third-order valence-corrected chi connectivity index (χ3v) is 5.35. The summed E-state index contributed by atoms with van der Waals surface area (Å²) in [6.45, 7) is 7.31. The summed E-state index contributed by atoms with van der Waals surface area (Å²) in [4.78, 5) is 12.6. The molecule has 0 radical (unpaired) electrons. The molecular weight excluding hydrogens is 370 g/mol. The molecule has 0 saturated heterocycles. The molecule has 1 aliphatic rings. The minimum absolute atomic E-state index is 0.0261. The van der Waals surface area contributed by atoms with Crippen LogP contribution in [0.25, 0.3) is 0 Å². The molecule has 2 N–H and O–H groups in total. The van der Waals surface area contributed by atoms with Gasteiger partial charge < -0.3 is 19.4 Å². The van der Waals surface area contributed by atoms with E-state index >= 15 is 0 Å². The van der Waals surface area contributed by atoms with Crippen molar-refractivity contribution < 1.29 is 14.3 Å². The number of aromatic nitrogens is 3. The van der Waals surface area contributed by atoms with E-state index in [1.807, 2.05) is 25.1 Å². The maximum absolute atomic E-state index is 12.6. The Kier molecular flexibility index (Phi) is 6.74. The number of hydrogen-bond acceptors (Lipinski definition) is 6. The van der Waals surface area contributed by atoms with E-state index in [4.69, 9.17) is 9.47 Å². The minimum atomic E-state index is -0.218. The van der Waals surface area contributed by atoms with Gasteiger partial charge in [0, 0.05) is 18.5 Å². The number of amides is 1. The lowest BCUT2D eigenvalue weighted by molar-refractivity contribution is -0.121. The maximum Gasteiger partial charge on any atom is 0.234 e. The van der Waals surface area contributed by atoms with Gasteiger partial charge in [-0.2, -0.15) is 0 Å². The Morgan fingerprint density at radius 2 is 2.00 bits per heavy atom. The van der Waals surface area contributed by atoms with Gasteiger partial charge in [0.1, 0.15) is 23.1 Å². The zero-order chi connectivity index (χ0) is 21.0. The molecule has 2 aromatic rings. The Labute approximate surface area is 172 Å². The smallest absolute Gasteiger partial charge is 0.234 e. The fourth-order valence-electron chi connectivity index (χ4n) is 3.78. The monoisotopic (exact) mass is 401 g/mol. The van der Waals surface area contributed by atoms with Gasteiger partial charge in [0.2, 0.25) is 5.91 Å². The second-order valence-corrected chi connectivity index (χ2v) is 7.73. The van der Waals surface area contributed by atoms with Crippen LogP contribution in [0.5, 0.6) is 11.5 Å². The summed E-state index contributed by atoms with van der Waals surface area (Å²) < 4.78 is 12.9. The number of rotatable bonds is 9. The second-order valence-electron chi connectivity index (χ2n) is 7.73. The summed E-state index contributed by atoms with van der Waals surface area (Å²) >= 11 is 0. The quantitative estimate of drug-likeness (QED) is 0.671. The van der Waals surface area contributed by atoms with Crippen molar-refractivity contribution in [1.82, 2.24) is 25.4 Å². The molecule has 0 aliphatic carbocycles. The number of methoxy groups -OCH3 is 2. The Hall–Kier alpha value is -2.61. The number of benzene rings is 1. The highest BCUT2D eigenvalue weighted by molar-refractivity contribution is 5.78. The SMILES string of the molecule is COc1ccc(OC)c([C@H](C)NC(=O)CN[C@H](c2nnc3n2CCC3)C(C)C)c1. The van der Waals surface area contributed by atoms with E-state index in [2.05, 4.69) is 39.2 Å². The largest absolute Gasteiger partial charge is 0.497 e. The number of aryl methyl sites for hydroxylation is 1. The summed E-state index contributed by atoms with van der Waals surface area (Å²) in [6, 6.07) is 5.32. The van der Waals surface area contributed by atoms with Crippen molar-refractivity contribution >= 4 is 5.91 Å². The number of ether oxygens (including phenoxy) is 2. The maximum atomic E-state index is 12.6. The van der Waals surface area contributed by atoms with Gasteiger partial charge in [-0.15, -0.1) is 10.2 Å². The zero-order valence-electron chi connectivity index (χ0n) is 17.9. The Bertz CT molecular complexity index is 849. The highest BCUT2D eigenvalue weighted by Crippen LogP contribution is 2.29.